The third kappa shape index (κ3) is 7.30. The first kappa shape index (κ1) is 26.7. The van der Waals surface area contributed by atoms with Crippen LogP contribution in [0.3, 0.4) is 0 Å². The zero-order valence-electron chi connectivity index (χ0n) is 19.7. The van der Waals surface area contributed by atoms with Crippen LogP contribution in [0.2, 0.25) is 10.0 Å². The summed E-state index contributed by atoms with van der Waals surface area (Å²) in [6.07, 6.45) is 4.74. The second kappa shape index (κ2) is 13.3. The average molecular weight is 524 g/mol. The van der Waals surface area contributed by atoms with Crippen molar-refractivity contribution in [2.45, 2.75) is 63.4 Å². The van der Waals surface area contributed by atoms with Crippen LogP contribution in [0.4, 0.5) is 0 Å². The molecule has 1 atom stereocenters. The molecule has 5 nitrogen and oxygen atoms in total. The first-order chi connectivity index (χ1) is 16.4. The fraction of sp³-hybridized carbons (Fsp3) is 0.462. The molecule has 1 aliphatic carbocycles. The zero-order valence-corrected chi connectivity index (χ0v) is 22.0. The molecule has 2 aromatic carbocycles. The van der Waals surface area contributed by atoms with Gasteiger partial charge in [-0.1, -0.05) is 61.2 Å². The number of hydrogen-bond donors (Lipinski definition) is 1. The van der Waals surface area contributed by atoms with Crippen LogP contribution in [0, 0.1) is 0 Å². The fourth-order valence-electron chi connectivity index (χ4n) is 4.20. The molecule has 8 heteroatoms. The van der Waals surface area contributed by atoms with Crippen molar-refractivity contribution in [2.75, 3.05) is 12.9 Å². The Morgan fingerprint density at radius 3 is 2.35 bits per heavy atom. The Balaban J connectivity index is 1.73. The number of benzene rings is 2. The van der Waals surface area contributed by atoms with E-state index in [1.54, 1.807) is 30.2 Å². The molecule has 0 radical (unpaired) electrons. The second-order valence-corrected chi connectivity index (χ2v) is 10.3. The minimum absolute atomic E-state index is 0.105. The summed E-state index contributed by atoms with van der Waals surface area (Å²) in [4.78, 5) is 28.3. The van der Waals surface area contributed by atoms with Crippen LogP contribution < -0.4 is 10.1 Å². The van der Waals surface area contributed by atoms with Crippen LogP contribution in [-0.4, -0.2) is 41.7 Å². The molecule has 0 heterocycles. The van der Waals surface area contributed by atoms with Crippen molar-refractivity contribution in [1.82, 2.24) is 10.2 Å². The molecule has 34 heavy (non-hydrogen) atoms. The number of hydrogen-bond acceptors (Lipinski definition) is 4. The summed E-state index contributed by atoms with van der Waals surface area (Å²) in [6, 6.07) is 12.7. The molecule has 1 N–H and O–H groups in total. The zero-order chi connectivity index (χ0) is 24.5. The number of carbonyl (C=O) groups excluding carboxylic acids is 2. The summed E-state index contributed by atoms with van der Waals surface area (Å²) in [5, 5.41) is 4.13. The molecule has 0 saturated heterocycles. The molecule has 0 aliphatic heterocycles. The molecule has 2 aromatic rings. The van der Waals surface area contributed by atoms with Crippen LogP contribution in [0.5, 0.6) is 5.75 Å². The average Bonchev–Trinajstić information content (AvgIpc) is 3.34. The van der Waals surface area contributed by atoms with Crippen molar-refractivity contribution in [2.24, 2.45) is 0 Å². The summed E-state index contributed by atoms with van der Waals surface area (Å²) in [7, 11) is 1.63. The Kier molecular flexibility index (Phi) is 10.4. The largest absolute Gasteiger partial charge is 0.497 e. The van der Waals surface area contributed by atoms with Gasteiger partial charge < -0.3 is 15.0 Å². The van der Waals surface area contributed by atoms with E-state index in [0.29, 0.717) is 27.8 Å². The summed E-state index contributed by atoms with van der Waals surface area (Å²) in [5.74, 6) is 1.52. The van der Waals surface area contributed by atoms with Gasteiger partial charge in [0.25, 0.3) is 0 Å². The lowest BCUT2D eigenvalue weighted by Crippen LogP contribution is -2.51. The van der Waals surface area contributed by atoms with Gasteiger partial charge >= 0.3 is 0 Å². The molecular formula is C26H32Cl2N2O3S. The molecule has 0 aromatic heterocycles. The predicted molar refractivity (Wildman–Crippen MR) is 141 cm³/mol. The maximum Gasteiger partial charge on any atom is 0.243 e. The molecule has 2 amide bonds. The minimum atomic E-state index is -0.581. The van der Waals surface area contributed by atoms with Gasteiger partial charge in [0.2, 0.25) is 11.8 Å². The lowest BCUT2D eigenvalue weighted by Gasteiger charge is -2.32. The number of halogens is 2. The number of amides is 2. The third-order valence-corrected chi connectivity index (χ3v) is 7.83. The van der Waals surface area contributed by atoms with Crippen LogP contribution in [0.25, 0.3) is 0 Å². The number of carbonyl (C=O) groups is 2. The van der Waals surface area contributed by atoms with E-state index in [1.807, 2.05) is 31.2 Å². The lowest BCUT2D eigenvalue weighted by atomic mass is 10.1. The van der Waals surface area contributed by atoms with E-state index >= 15 is 0 Å². The smallest absolute Gasteiger partial charge is 0.243 e. The first-order valence-corrected chi connectivity index (χ1v) is 13.6. The molecule has 1 saturated carbocycles. The summed E-state index contributed by atoms with van der Waals surface area (Å²) in [6.45, 7) is 2.12. The van der Waals surface area contributed by atoms with Crippen molar-refractivity contribution < 1.29 is 14.3 Å². The van der Waals surface area contributed by atoms with Crippen molar-refractivity contribution >= 4 is 46.8 Å². The van der Waals surface area contributed by atoms with E-state index in [-0.39, 0.29) is 30.2 Å². The van der Waals surface area contributed by atoms with Gasteiger partial charge in [-0.25, -0.2) is 0 Å². The van der Waals surface area contributed by atoms with Crippen LogP contribution in [0.1, 0.15) is 50.2 Å². The van der Waals surface area contributed by atoms with E-state index in [0.717, 1.165) is 37.0 Å². The van der Waals surface area contributed by atoms with Crippen molar-refractivity contribution in [3.63, 3.8) is 0 Å². The highest BCUT2D eigenvalue weighted by Gasteiger charge is 2.31. The number of nitrogens with zero attached hydrogens (tertiary/aromatic N) is 1. The van der Waals surface area contributed by atoms with E-state index in [2.05, 4.69) is 5.32 Å². The highest BCUT2D eigenvalue weighted by atomic mass is 35.5. The van der Waals surface area contributed by atoms with Crippen molar-refractivity contribution in [1.29, 1.82) is 0 Å². The Labute approximate surface area is 216 Å². The molecule has 184 valence electrons. The number of methoxy groups -OCH3 is 1. The number of nitrogens with one attached hydrogen (secondary N) is 1. The summed E-state index contributed by atoms with van der Waals surface area (Å²) < 4.78 is 5.20. The predicted octanol–water partition coefficient (Wildman–Crippen LogP) is 6.10. The number of rotatable bonds is 11. The van der Waals surface area contributed by atoms with Gasteiger partial charge in [0.05, 0.1) is 12.9 Å². The van der Waals surface area contributed by atoms with E-state index in [4.69, 9.17) is 27.9 Å². The Hall–Kier alpha value is -1.89. The Bertz CT molecular complexity index is 945. The monoisotopic (exact) mass is 522 g/mol. The molecule has 1 aliphatic rings. The van der Waals surface area contributed by atoms with Crippen LogP contribution in [0.15, 0.2) is 42.5 Å². The van der Waals surface area contributed by atoms with Crippen LogP contribution >= 0.6 is 35.0 Å². The molecular weight excluding hydrogens is 491 g/mol. The SMILES string of the molecule is CC[C@@H](C(=O)NC1CCCC1)N(Cc1c(Cl)cccc1Cl)C(=O)CSCc1ccc(OC)cc1. The molecule has 0 bridgehead atoms. The Morgan fingerprint density at radius 2 is 1.76 bits per heavy atom. The van der Waals surface area contributed by atoms with Crippen molar-refractivity contribution in [3.8, 4) is 5.75 Å². The lowest BCUT2D eigenvalue weighted by molar-refractivity contribution is -0.139. The maximum atomic E-state index is 13.4. The quantitative estimate of drug-likeness (QED) is 0.387. The van der Waals surface area contributed by atoms with E-state index in [1.165, 1.54) is 11.8 Å². The van der Waals surface area contributed by atoms with Crippen molar-refractivity contribution in [3.05, 3.63) is 63.6 Å². The number of thioether (sulfide) groups is 1. The summed E-state index contributed by atoms with van der Waals surface area (Å²) in [5.41, 5.74) is 1.76. The Morgan fingerprint density at radius 1 is 1.12 bits per heavy atom. The maximum absolute atomic E-state index is 13.4. The minimum Gasteiger partial charge on any atom is -0.497 e. The van der Waals surface area contributed by atoms with Gasteiger partial charge in [0.1, 0.15) is 11.8 Å². The topological polar surface area (TPSA) is 58.6 Å². The van der Waals surface area contributed by atoms with E-state index in [9.17, 15) is 9.59 Å². The summed E-state index contributed by atoms with van der Waals surface area (Å²) >= 11 is 14.3. The van der Waals surface area contributed by atoms with E-state index < -0.39 is 6.04 Å². The van der Waals surface area contributed by atoms with Crippen LogP contribution in [-0.2, 0) is 21.9 Å². The third-order valence-electron chi connectivity index (χ3n) is 6.13. The first-order valence-electron chi connectivity index (χ1n) is 11.7. The highest BCUT2D eigenvalue weighted by Crippen LogP contribution is 2.28. The standard InChI is InChI=1S/C26H32Cl2N2O3S/c1-3-24(26(32)29-19-7-4-5-8-19)30(15-21-22(27)9-6-10-23(21)28)25(31)17-34-16-18-11-13-20(33-2)14-12-18/h6,9-14,19,24H,3-5,7-8,15-17H2,1-2H3,(H,29,32)/t24-/m0/s1. The second-order valence-electron chi connectivity index (χ2n) is 8.48. The highest BCUT2D eigenvalue weighted by molar-refractivity contribution is 7.99. The number of ether oxygens (including phenoxy) is 1. The van der Waals surface area contributed by atoms with Gasteiger partial charge in [0.15, 0.2) is 0 Å². The van der Waals surface area contributed by atoms with Gasteiger partial charge in [-0.2, -0.15) is 0 Å². The fourth-order valence-corrected chi connectivity index (χ4v) is 5.59. The van der Waals surface area contributed by atoms with Gasteiger partial charge in [0, 0.05) is 33.9 Å². The molecule has 3 rings (SSSR count). The van der Waals surface area contributed by atoms with Gasteiger partial charge in [-0.3, -0.25) is 9.59 Å². The molecule has 0 unspecified atom stereocenters. The molecule has 0 spiro atoms. The molecule has 1 fully saturated rings. The van der Waals surface area contributed by atoms with Gasteiger partial charge in [-0.15, -0.1) is 11.8 Å². The normalized spacial score (nSPS) is 14.6. The van der Waals surface area contributed by atoms with Gasteiger partial charge in [-0.05, 0) is 49.1 Å².